The summed E-state index contributed by atoms with van der Waals surface area (Å²) in [6.45, 7) is 6.44. The van der Waals surface area contributed by atoms with E-state index in [2.05, 4.69) is 41.8 Å². The Morgan fingerprint density at radius 2 is 2.37 bits per heavy atom. The van der Waals surface area contributed by atoms with Crippen LogP contribution in [0.2, 0.25) is 0 Å². The number of carbonyl (C=O) groups is 1. The third kappa shape index (κ3) is 4.44. The van der Waals surface area contributed by atoms with Gasteiger partial charge in [0.15, 0.2) is 0 Å². The Hall–Kier alpha value is -1.20. The van der Waals surface area contributed by atoms with Crippen molar-refractivity contribution in [3.05, 3.63) is 29.8 Å². The third-order valence-corrected chi connectivity index (χ3v) is 4.03. The summed E-state index contributed by atoms with van der Waals surface area (Å²) in [7, 11) is 0. The first-order chi connectivity index (χ1) is 9.29. The van der Waals surface area contributed by atoms with Gasteiger partial charge in [0, 0.05) is 36.8 Å². The molecule has 1 aliphatic heterocycles. The molecule has 0 unspecified atom stereocenters. The summed E-state index contributed by atoms with van der Waals surface area (Å²) in [5, 5.41) is 6.15. The van der Waals surface area contributed by atoms with Crippen LogP contribution >= 0.6 is 11.8 Å². The normalized spacial score (nSPS) is 14.8. The van der Waals surface area contributed by atoms with E-state index >= 15 is 0 Å². The zero-order valence-corrected chi connectivity index (χ0v) is 12.1. The first-order valence-corrected chi connectivity index (χ1v) is 7.73. The lowest BCUT2D eigenvalue weighted by atomic mass is 10.2. The second kappa shape index (κ2) is 7.40. The van der Waals surface area contributed by atoms with Crippen molar-refractivity contribution in [2.24, 2.45) is 0 Å². The number of carbonyl (C=O) groups excluding carboxylic acids is 1. The largest absolute Gasteiger partial charge is 0.336 e. The van der Waals surface area contributed by atoms with Gasteiger partial charge in [-0.3, -0.25) is 0 Å². The first kappa shape index (κ1) is 14.2. The Balaban J connectivity index is 1.77. The molecule has 5 heteroatoms. The molecule has 1 aromatic rings. The van der Waals surface area contributed by atoms with Gasteiger partial charge in [-0.05, 0) is 24.2 Å². The number of amides is 2. The van der Waals surface area contributed by atoms with E-state index in [0.29, 0.717) is 0 Å². The lowest BCUT2D eigenvalue weighted by molar-refractivity contribution is 0.220. The third-order valence-electron chi connectivity index (χ3n) is 3.05. The predicted molar refractivity (Wildman–Crippen MR) is 79.5 cm³/mol. The molecule has 2 N–H and O–H groups in total. The highest BCUT2D eigenvalue weighted by Crippen LogP contribution is 2.19. The minimum atomic E-state index is 0.0708. The predicted octanol–water partition coefficient (Wildman–Crippen LogP) is 1.91. The van der Waals surface area contributed by atoms with Gasteiger partial charge in [0.25, 0.3) is 0 Å². The fourth-order valence-electron chi connectivity index (χ4n) is 2.01. The lowest BCUT2D eigenvalue weighted by Gasteiger charge is -2.13. The first-order valence-electron chi connectivity index (χ1n) is 6.75. The molecule has 2 rings (SSSR count). The van der Waals surface area contributed by atoms with E-state index in [1.165, 1.54) is 10.5 Å². The van der Waals surface area contributed by atoms with E-state index in [1.54, 1.807) is 0 Å². The summed E-state index contributed by atoms with van der Waals surface area (Å²) in [4.78, 5) is 14.5. The Labute approximate surface area is 118 Å². The van der Waals surface area contributed by atoms with Gasteiger partial charge in [-0.15, -0.1) is 11.8 Å². The number of hydrogen-bond donors (Lipinski definition) is 2. The van der Waals surface area contributed by atoms with Crippen molar-refractivity contribution in [1.82, 2.24) is 15.5 Å². The summed E-state index contributed by atoms with van der Waals surface area (Å²) in [5.41, 5.74) is 1.31. The zero-order valence-electron chi connectivity index (χ0n) is 11.3. The Kier molecular flexibility index (Phi) is 5.54. The molecule has 1 saturated heterocycles. The van der Waals surface area contributed by atoms with Crippen LogP contribution in [-0.4, -0.2) is 42.9 Å². The molecule has 0 aromatic heterocycles. The van der Waals surface area contributed by atoms with Gasteiger partial charge in [0.1, 0.15) is 0 Å². The van der Waals surface area contributed by atoms with Gasteiger partial charge in [0.2, 0.25) is 0 Å². The van der Waals surface area contributed by atoms with Gasteiger partial charge in [0.05, 0.1) is 0 Å². The van der Waals surface area contributed by atoms with Gasteiger partial charge >= 0.3 is 6.03 Å². The highest BCUT2D eigenvalue weighted by molar-refractivity contribution is 7.99. The Bertz CT molecular complexity index is 425. The van der Waals surface area contributed by atoms with Gasteiger partial charge in [-0.2, -0.15) is 0 Å². The molecular formula is C14H21N3OS. The molecule has 1 aliphatic rings. The van der Waals surface area contributed by atoms with Crippen molar-refractivity contribution < 1.29 is 4.79 Å². The topological polar surface area (TPSA) is 44.4 Å². The molecule has 1 fully saturated rings. The van der Waals surface area contributed by atoms with Crippen LogP contribution in [0.25, 0.3) is 0 Å². The van der Waals surface area contributed by atoms with Gasteiger partial charge in [-0.1, -0.05) is 19.1 Å². The molecule has 19 heavy (non-hydrogen) atoms. The summed E-state index contributed by atoms with van der Waals surface area (Å²) in [6, 6.07) is 8.65. The molecular weight excluding hydrogens is 258 g/mol. The van der Waals surface area contributed by atoms with Crippen molar-refractivity contribution in [3.8, 4) is 0 Å². The van der Waals surface area contributed by atoms with Crippen LogP contribution in [0.3, 0.4) is 0 Å². The fourth-order valence-corrected chi connectivity index (χ4v) is 2.97. The summed E-state index contributed by atoms with van der Waals surface area (Å²) >= 11 is 1.81. The van der Waals surface area contributed by atoms with Crippen LogP contribution in [0.1, 0.15) is 12.5 Å². The van der Waals surface area contributed by atoms with E-state index in [4.69, 9.17) is 0 Å². The highest BCUT2D eigenvalue weighted by atomic mass is 32.2. The van der Waals surface area contributed by atoms with Crippen molar-refractivity contribution in [3.63, 3.8) is 0 Å². The summed E-state index contributed by atoms with van der Waals surface area (Å²) in [5.74, 6) is 0.943. The van der Waals surface area contributed by atoms with Crippen LogP contribution in [-0.2, 0) is 6.54 Å². The number of rotatable bonds is 7. The van der Waals surface area contributed by atoms with Crippen LogP contribution in [0.5, 0.6) is 0 Å². The highest BCUT2D eigenvalue weighted by Gasteiger charge is 2.18. The van der Waals surface area contributed by atoms with Gasteiger partial charge in [-0.25, -0.2) is 4.79 Å². The molecule has 0 bridgehead atoms. The molecule has 104 valence electrons. The van der Waals surface area contributed by atoms with Crippen LogP contribution in [0.15, 0.2) is 29.2 Å². The minimum Gasteiger partial charge on any atom is -0.336 e. The van der Waals surface area contributed by atoms with Crippen molar-refractivity contribution in [2.45, 2.75) is 18.4 Å². The summed E-state index contributed by atoms with van der Waals surface area (Å²) < 4.78 is 0. The second-order valence-corrected chi connectivity index (χ2v) is 5.66. The Morgan fingerprint density at radius 1 is 1.47 bits per heavy atom. The molecule has 0 saturated carbocycles. The Morgan fingerprint density at radius 3 is 3.11 bits per heavy atom. The molecule has 1 aromatic carbocycles. The van der Waals surface area contributed by atoms with Crippen molar-refractivity contribution in [1.29, 1.82) is 0 Å². The zero-order chi connectivity index (χ0) is 13.5. The molecule has 0 radical (unpaired) electrons. The maximum Gasteiger partial charge on any atom is 0.317 e. The molecule has 1 heterocycles. The van der Waals surface area contributed by atoms with Crippen LogP contribution in [0.4, 0.5) is 4.79 Å². The van der Waals surface area contributed by atoms with E-state index in [1.807, 2.05) is 16.7 Å². The average Bonchev–Trinajstić information content (AvgIpc) is 2.83. The maximum atomic E-state index is 11.4. The summed E-state index contributed by atoms with van der Waals surface area (Å²) in [6.07, 6.45) is 0. The molecule has 4 nitrogen and oxygen atoms in total. The standard InChI is InChI=1S/C14H21N3OS/c1-2-15-11-12-4-3-5-13(10-12)19-9-8-17-7-6-16-14(17)18/h3-5,10,15H,2,6-9,11H2,1H3,(H,16,18). The monoisotopic (exact) mass is 279 g/mol. The SMILES string of the molecule is CCNCc1cccc(SCCN2CCNC2=O)c1. The number of urea groups is 1. The fraction of sp³-hybridized carbons (Fsp3) is 0.500. The number of hydrogen-bond acceptors (Lipinski definition) is 3. The second-order valence-electron chi connectivity index (χ2n) is 4.50. The molecule has 0 atom stereocenters. The molecule has 0 spiro atoms. The van der Waals surface area contributed by atoms with E-state index in [-0.39, 0.29) is 6.03 Å². The smallest absolute Gasteiger partial charge is 0.317 e. The van der Waals surface area contributed by atoms with Crippen molar-refractivity contribution in [2.75, 3.05) is 31.9 Å². The van der Waals surface area contributed by atoms with Gasteiger partial charge < -0.3 is 15.5 Å². The minimum absolute atomic E-state index is 0.0708. The number of nitrogens with zero attached hydrogens (tertiary/aromatic N) is 1. The lowest BCUT2D eigenvalue weighted by Crippen LogP contribution is -2.30. The maximum absolute atomic E-state index is 11.4. The average molecular weight is 279 g/mol. The van der Waals surface area contributed by atoms with E-state index < -0.39 is 0 Å². The van der Waals surface area contributed by atoms with Crippen LogP contribution < -0.4 is 10.6 Å². The molecule has 2 amide bonds. The van der Waals surface area contributed by atoms with Crippen molar-refractivity contribution >= 4 is 17.8 Å². The van der Waals surface area contributed by atoms with E-state index in [9.17, 15) is 4.79 Å². The van der Waals surface area contributed by atoms with Crippen LogP contribution in [0, 0.1) is 0 Å². The quantitative estimate of drug-likeness (QED) is 0.750. The number of nitrogens with one attached hydrogen (secondary N) is 2. The number of thioether (sulfide) groups is 1. The van der Waals surface area contributed by atoms with E-state index in [0.717, 1.165) is 38.5 Å². The molecule has 0 aliphatic carbocycles. The number of benzene rings is 1.